The van der Waals surface area contributed by atoms with E-state index in [1.54, 1.807) is 0 Å². The topological polar surface area (TPSA) is 9.23 Å². The Bertz CT molecular complexity index is 126. The Labute approximate surface area is 86.0 Å². The molecule has 2 rings (SSSR count). The van der Waals surface area contributed by atoms with E-state index in [9.17, 15) is 0 Å². The van der Waals surface area contributed by atoms with Crippen LogP contribution in [0, 0.1) is 0 Å². The van der Waals surface area contributed by atoms with Gasteiger partial charge in [-0.25, -0.2) is 0 Å². The largest absolute Gasteiger partial charge is 0.381 e. The molecule has 12 heavy (non-hydrogen) atoms. The SMILES string of the molecule is C1CCOC1.[V].c1ccccc1. The third-order valence-electron chi connectivity index (χ3n) is 1.49. The molecule has 1 aliphatic heterocycles. The smallest absolute Gasteiger partial charge is 0.0466 e. The Hall–Kier alpha value is -0.236. The van der Waals surface area contributed by atoms with Gasteiger partial charge in [0, 0.05) is 31.8 Å². The van der Waals surface area contributed by atoms with Gasteiger partial charge in [-0.05, 0) is 12.8 Å². The first-order valence-electron chi connectivity index (χ1n) is 4.08. The molecule has 0 spiro atoms. The third-order valence-corrected chi connectivity index (χ3v) is 1.49. The van der Waals surface area contributed by atoms with Crippen molar-refractivity contribution in [3.05, 3.63) is 36.4 Å². The van der Waals surface area contributed by atoms with Gasteiger partial charge in [-0.2, -0.15) is 0 Å². The van der Waals surface area contributed by atoms with Crippen LogP contribution in [0.25, 0.3) is 0 Å². The Balaban J connectivity index is 0.000000189. The molecule has 1 radical (unpaired) electrons. The second-order valence-corrected chi connectivity index (χ2v) is 2.47. The van der Waals surface area contributed by atoms with E-state index in [1.807, 2.05) is 36.4 Å². The molecule has 2 heteroatoms. The van der Waals surface area contributed by atoms with Crippen molar-refractivity contribution in [3.8, 4) is 0 Å². The quantitative estimate of drug-likeness (QED) is 0.626. The van der Waals surface area contributed by atoms with Gasteiger partial charge in [-0.15, -0.1) is 0 Å². The van der Waals surface area contributed by atoms with E-state index in [1.165, 1.54) is 12.8 Å². The van der Waals surface area contributed by atoms with E-state index in [2.05, 4.69) is 0 Å². The summed E-state index contributed by atoms with van der Waals surface area (Å²) < 4.78 is 4.94. The molecule has 1 aromatic rings. The van der Waals surface area contributed by atoms with Crippen LogP contribution in [0.4, 0.5) is 0 Å². The van der Waals surface area contributed by atoms with Crippen LogP contribution in [-0.2, 0) is 23.3 Å². The fourth-order valence-electron chi connectivity index (χ4n) is 0.895. The van der Waals surface area contributed by atoms with Crippen molar-refractivity contribution >= 4 is 0 Å². The Morgan fingerprint density at radius 1 is 0.667 bits per heavy atom. The van der Waals surface area contributed by atoms with Crippen LogP contribution in [0.5, 0.6) is 0 Å². The number of rotatable bonds is 0. The Morgan fingerprint density at radius 3 is 1.17 bits per heavy atom. The minimum atomic E-state index is 0. The van der Waals surface area contributed by atoms with Gasteiger partial charge in [0.25, 0.3) is 0 Å². The molecule has 0 atom stereocenters. The van der Waals surface area contributed by atoms with E-state index in [4.69, 9.17) is 4.74 Å². The molecule has 0 N–H and O–H groups in total. The molecular weight excluding hydrogens is 187 g/mol. The first kappa shape index (κ1) is 11.8. The van der Waals surface area contributed by atoms with Crippen LogP contribution in [0.3, 0.4) is 0 Å². The number of benzene rings is 1. The molecule has 0 bridgehead atoms. The second kappa shape index (κ2) is 8.86. The molecule has 0 aliphatic carbocycles. The van der Waals surface area contributed by atoms with E-state index in [0.29, 0.717) is 0 Å². The van der Waals surface area contributed by atoms with Gasteiger partial charge in [0.15, 0.2) is 0 Å². The number of hydrogen-bond acceptors (Lipinski definition) is 1. The van der Waals surface area contributed by atoms with Crippen molar-refractivity contribution < 1.29 is 23.3 Å². The summed E-state index contributed by atoms with van der Waals surface area (Å²) in [4.78, 5) is 0. The standard InChI is InChI=1S/C6H6.C4H8O.V/c1-2-4-6-5-3-1;1-2-4-5-3-1;/h1-6H;1-4H2;. The normalized spacial score (nSPS) is 14.0. The number of ether oxygens (including phenoxy) is 1. The van der Waals surface area contributed by atoms with Crippen molar-refractivity contribution in [1.82, 2.24) is 0 Å². The molecule has 1 aliphatic rings. The van der Waals surface area contributed by atoms with Gasteiger partial charge in [-0.3, -0.25) is 0 Å². The van der Waals surface area contributed by atoms with Gasteiger partial charge in [0.1, 0.15) is 0 Å². The zero-order valence-electron chi connectivity index (χ0n) is 7.15. The van der Waals surface area contributed by atoms with Gasteiger partial charge < -0.3 is 4.74 Å². The fourth-order valence-corrected chi connectivity index (χ4v) is 0.895. The molecule has 1 aromatic carbocycles. The van der Waals surface area contributed by atoms with Gasteiger partial charge >= 0.3 is 0 Å². The molecule has 0 aromatic heterocycles. The van der Waals surface area contributed by atoms with Crippen LogP contribution in [0.2, 0.25) is 0 Å². The molecule has 0 unspecified atom stereocenters. The van der Waals surface area contributed by atoms with Crippen molar-refractivity contribution in [2.45, 2.75) is 12.8 Å². The van der Waals surface area contributed by atoms with Gasteiger partial charge in [-0.1, -0.05) is 36.4 Å². The maximum atomic E-state index is 4.94. The van der Waals surface area contributed by atoms with Crippen molar-refractivity contribution in [2.75, 3.05) is 13.2 Å². The summed E-state index contributed by atoms with van der Waals surface area (Å²) in [6, 6.07) is 12.0. The van der Waals surface area contributed by atoms with Crippen LogP contribution in [0.15, 0.2) is 36.4 Å². The van der Waals surface area contributed by atoms with Gasteiger partial charge in [0.2, 0.25) is 0 Å². The average Bonchev–Trinajstić information content (AvgIpc) is 2.64. The molecule has 1 fully saturated rings. The summed E-state index contributed by atoms with van der Waals surface area (Å²) in [5, 5.41) is 0. The van der Waals surface area contributed by atoms with E-state index >= 15 is 0 Å². The van der Waals surface area contributed by atoms with Crippen LogP contribution in [0.1, 0.15) is 12.8 Å². The van der Waals surface area contributed by atoms with Crippen molar-refractivity contribution in [2.24, 2.45) is 0 Å². The minimum Gasteiger partial charge on any atom is -0.381 e. The summed E-state index contributed by atoms with van der Waals surface area (Å²) in [6.07, 6.45) is 2.56. The van der Waals surface area contributed by atoms with Crippen LogP contribution < -0.4 is 0 Å². The molecule has 0 saturated carbocycles. The maximum Gasteiger partial charge on any atom is 0.0466 e. The average molecular weight is 201 g/mol. The van der Waals surface area contributed by atoms with E-state index in [-0.39, 0.29) is 18.6 Å². The molecule has 65 valence electrons. The maximum absolute atomic E-state index is 4.94. The zero-order chi connectivity index (χ0) is 7.78. The van der Waals surface area contributed by atoms with E-state index < -0.39 is 0 Å². The molecule has 1 saturated heterocycles. The zero-order valence-corrected chi connectivity index (χ0v) is 8.54. The minimum absolute atomic E-state index is 0. The third kappa shape index (κ3) is 6.47. The van der Waals surface area contributed by atoms with Crippen molar-refractivity contribution in [3.63, 3.8) is 0 Å². The Kier molecular flexibility index (Phi) is 8.68. The summed E-state index contributed by atoms with van der Waals surface area (Å²) in [5.41, 5.74) is 0. The molecule has 0 amide bonds. The molecule has 1 heterocycles. The fraction of sp³-hybridized carbons (Fsp3) is 0.400. The molecule has 1 nitrogen and oxygen atoms in total. The van der Waals surface area contributed by atoms with Crippen molar-refractivity contribution in [1.29, 1.82) is 0 Å². The summed E-state index contributed by atoms with van der Waals surface area (Å²) in [7, 11) is 0. The van der Waals surface area contributed by atoms with Crippen LogP contribution in [-0.4, -0.2) is 13.2 Å². The summed E-state index contributed by atoms with van der Waals surface area (Å²) >= 11 is 0. The summed E-state index contributed by atoms with van der Waals surface area (Å²) in [6.45, 7) is 2.00. The summed E-state index contributed by atoms with van der Waals surface area (Å²) in [5.74, 6) is 0. The first-order valence-corrected chi connectivity index (χ1v) is 4.08. The predicted molar refractivity (Wildman–Crippen MR) is 46.5 cm³/mol. The second-order valence-electron chi connectivity index (χ2n) is 2.47. The monoisotopic (exact) mass is 201 g/mol. The van der Waals surface area contributed by atoms with Crippen LogP contribution >= 0.6 is 0 Å². The molecular formula is C10H14OV. The van der Waals surface area contributed by atoms with E-state index in [0.717, 1.165) is 13.2 Å². The van der Waals surface area contributed by atoms with Gasteiger partial charge in [0.05, 0.1) is 0 Å². The Morgan fingerprint density at radius 2 is 1.00 bits per heavy atom. The first-order chi connectivity index (χ1) is 5.50. The number of hydrogen-bond donors (Lipinski definition) is 0. The predicted octanol–water partition coefficient (Wildman–Crippen LogP) is 2.48.